The van der Waals surface area contributed by atoms with E-state index in [9.17, 15) is 13.6 Å². The molecule has 6 nitrogen and oxygen atoms in total. The van der Waals surface area contributed by atoms with Gasteiger partial charge in [-0.2, -0.15) is 8.78 Å². The second-order valence-corrected chi connectivity index (χ2v) is 7.06. The van der Waals surface area contributed by atoms with E-state index in [1.54, 1.807) is 25.1 Å². The molecule has 2 rings (SSSR count). The number of nitrogens with one attached hydrogen (secondary N) is 1. The zero-order valence-electron chi connectivity index (χ0n) is 17.2. The van der Waals surface area contributed by atoms with Crippen molar-refractivity contribution in [3.8, 4) is 11.5 Å². The maximum atomic E-state index is 12.5. The zero-order valence-corrected chi connectivity index (χ0v) is 17.2. The first-order valence-electron chi connectivity index (χ1n) is 9.90. The van der Waals surface area contributed by atoms with Gasteiger partial charge in [-0.3, -0.25) is 9.69 Å². The van der Waals surface area contributed by atoms with Gasteiger partial charge in [-0.05, 0) is 36.6 Å². The Bertz CT molecular complexity index is 677. The van der Waals surface area contributed by atoms with E-state index in [0.717, 1.165) is 13.1 Å². The van der Waals surface area contributed by atoms with Gasteiger partial charge in [-0.1, -0.05) is 19.9 Å². The van der Waals surface area contributed by atoms with Crippen LogP contribution in [0.5, 0.6) is 11.5 Å². The number of nitrogens with zero attached hydrogens (tertiary/aromatic N) is 1. The quantitative estimate of drug-likeness (QED) is 0.598. The Balaban J connectivity index is 1.95. The van der Waals surface area contributed by atoms with Gasteiger partial charge in [0.05, 0.1) is 19.8 Å². The fraction of sp³-hybridized carbons (Fsp3) is 0.571. The first-order valence-corrected chi connectivity index (χ1v) is 9.90. The van der Waals surface area contributed by atoms with E-state index in [1.165, 1.54) is 12.1 Å². The molecule has 29 heavy (non-hydrogen) atoms. The molecule has 0 bridgehead atoms. The van der Waals surface area contributed by atoms with Gasteiger partial charge in [0.2, 0.25) is 5.91 Å². The average Bonchev–Trinajstić information content (AvgIpc) is 2.68. The van der Waals surface area contributed by atoms with Gasteiger partial charge in [0.1, 0.15) is 0 Å². The second kappa shape index (κ2) is 11.7. The van der Waals surface area contributed by atoms with Gasteiger partial charge >= 0.3 is 6.61 Å². The van der Waals surface area contributed by atoms with Gasteiger partial charge in [0.25, 0.3) is 0 Å². The zero-order chi connectivity index (χ0) is 21.2. The standard InChI is InChI=1S/C21H30F2N2O4/c1-4-28-19-13-16(5-7-18(19)29-21(22)23)6-8-20(26)24-14-17(15(2)3)25-9-11-27-12-10-25/h5-8,13,15,17,21H,4,9-12,14H2,1-3H3,(H,24,26). The third-order valence-corrected chi connectivity index (χ3v) is 4.68. The third kappa shape index (κ3) is 7.62. The summed E-state index contributed by atoms with van der Waals surface area (Å²) in [5, 5.41) is 2.95. The lowest BCUT2D eigenvalue weighted by Gasteiger charge is -2.36. The molecule has 0 spiro atoms. The van der Waals surface area contributed by atoms with Crippen LogP contribution in [0.15, 0.2) is 24.3 Å². The molecule has 8 heteroatoms. The molecule has 0 aromatic heterocycles. The van der Waals surface area contributed by atoms with Crippen LogP contribution in [0.4, 0.5) is 8.78 Å². The van der Waals surface area contributed by atoms with Crippen molar-refractivity contribution in [3.63, 3.8) is 0 Å². The molecule has 1 atom stereocenters. The summed E-state index contributed by atoms with van der Waals surface area (Å²) in [7, 11) is 0. The summed E-state index contributed by atoms with van der Waals surface area (Å²) in [6.07, 6.45) is 3.04. The van der Waals surface area contributed by atoms with Crippen molar-refractivity contribution in [3.05, 3.63) is 29.8 Å². The fourth-order valence-corrected chi connectivity index (χ4v) is 3.22. The van der Waals surface area contributed by atoms with Crippen molar-refractivity contribution < 1.29 is 27.8 Å². The molecule has 0 aliphatic carbocycles. The van der Waals surface area contributed by atoms with Crippen LogP contribution in [-0.4, -0.2) is 62.9 Å². The van der Waals surface area contributed by atoms with Crippen LogP contribution in [0, 0.1) is 5.92 Å². The van der Waals surface area contributed by atoms with Crippen LogP contribution in [-0.2, 0) is 9.53 Å². The lowest BCUT2D eigenvalue weighted by atomic mass is 10.0. The molecule has 1 unspecified atom stereocenters. The minimum absolute atomic E-state index is 0.0336. The van der Waals surface area contributed by atoms with Crippen LogP contribution in [0.25, 0.3) is 6.08 Å². The number of carbonyl (C=O) groups excluding carboxylic acids is 1. The van der Waals surface area contributed by atoms with Crippen LogP contribution in [0.1, 0.15) is 26.3 Å². The van der Waals surface area contributed by atoms with Crippen molar-refractivity contribution in [2.45, 2.75) is 33.4 Å². The fourth-order valence-electron chi connectivity index (χ4n) is 3.22. The number of rotatable bonds is 10. The summed E-state index contributed by atoms with van der Waals surface area (Å²) in [5.41, 5.74) is 0.652. The maximum Gasteiger partial charge on any atom is 0.387 e. The highest BCUT2D eigenvalue weighted by Gasteiger charge is 2.23. The Hall–Kier alpha value is -2.19. The summed E-state index contributed by atoms with van der Waals surface area (Å²) in [6.45, 7) is 7.11. The Morgan fingerprint density at radius 3 is 2.62 bits per heavy atom. The first-order chi connectivity index (χ1) is 13.9. The van der Waals surface area contributed by atoms with Gasteiger partial charge < -0.3 is 19.5 Å². The highest BCUT2D eigenvalue weighted by molar-refractivity contribution is 5.91. The summed E-state index contributed by atoms with van der Waals surface area (Å²) in [4.78, 5) is 14.6. The molecule has 1 aromatic rings. The highest BCUT2D eigenvalue weighted by Crippen LogP contribution is 2.30. The average molecular weight is 412 g/mol. The largest absolute Gasteiger partial charge is 0.490 e. The Kier molecular flexibility index (Phi) is 9.34. The lowest BCUT2D eigenvalue weighted by molar-refractivity contribution is -0.116. The molecule has 0 saturated carbocycles. The lowest BCUT2D eigenvalue weighted by Crippen LogP contribution is -2.51. The van der Waals surface area contributed by atoms with E-state index < -0.39 is 6.61 Å². The molecule has 1 N–H and O–H groups in total. The van der Waals surface area contributed by atoms with Crippen molar-refractivity contribution >= 4 is 12.0 Å². The summed E-state index contributed by atoms with van der Waals surface area (Å²) >= 11 is 0. The number of halogens is 2. The minimum atomic E-state index is -2.93. The predicted octanol–water partition coefficient (Wildman–Crippen LogP) is 3.17. The van der Waals surface area contributed by atoms with Gasteiger partial charge in [0.15, 0.2) is 11.5 Å². The molecule has 162 valence electrons. The van der Waals surface area contributed by atoms with Gasteiger partial charge in [0, 0.05) is 31.8 Å². The van der Waals surface area contributed by atoms with E-state index in [4.69, 9.17) is 9.47 Å². The van der Waals surface area contributed by atoms with Crippen molar-refractivity contribution in [2.24, 2.45) is 5.92 Å². The van der Waals surface area contributed by atoms with Crippen molar-refractivity contribution in [1.29, 1.82) is 0 Å². The van der Waals surface area contributed by atoms with Crippen LogP contribution >= 0.6 is 0 Å². The molecular weight excluding hydrogens is 382 g/mol. The molecule has 1 heterocycles. The van der Waals surface area contributed by atoms with Crippen molar-refractivity contribution in [1.82, 2.24) is 10.2 Å². The third-order valence-electron chi connectivity index (χ3n) is 4.68. The second-order valence-electron chi connectivity index (χ2n) is 7.06. The Labute approximate surface area is 170 Å². The number of carbonyl (C=O) groups is 1. The number of hydrogen-bond donors (Lipinski definition) is 1. The van der Waals surface area contributed by atoms with E-state index in [2.05, 4.69) is 28.8 Å². The molecule has 1 amide bonds. The van der Waals surface area contributed by atoms with Gasteiger partial charge in [-0.25, -0.2) is 0 Å². The monoisotopic (exact) mass is 412 g/mol. The molecule has 1 aliphatic rings. The number of benzene rings is 1. The smallest absolute Gasteiger partial charge is 0.387 e. The van der Waals surface area contributed by atoms with Crippen LogP contribution < -0.4 is 14.8 Å². The molecule has 1 fully saturated rings. The minimum Gasteiger partial charge on any atom is -0.490 e. The number of morpholine rings is 1. The van der Waals surface area contributed by atoms with E-state index in [0.29, 0.717) is 37.8 Å². The summed E-state index contributed by atoms with van der Waals surface area (Å²) in [5.74, 6) is 0.361. The van der Waals surface area contributed by atoms with E-state index in [-0.39, 0.29) is 23.4 Å². The molecule has 1 aromatic carbocycles. The van der Waals surface area contributed by atoms with E-state index in [1.807, 2.05) is 0 Å². The number of ether oxygens (including phenoxy) is 3. The Morgan fingerprint density at radius 2 is 2.00 bits per heavy atom. The van der Waals surface area contributed by atoms with Crippen molar-refractivity contribution in [2.75, 3.05) is 39.5 Å². The number of amides is 1. The van der Waals surface area contributed by atoms with Crippen LogP contribution in [0.2, 0.25) is 0 Å². The maximum absolute atomic E-state index is 12.5. The SMILES string of the molecule is CCOc1cc(C=CC(=O)NCC(C(C)C)N2CCOCC2)ccc1OC(F)F. The highest BCUT2D eigenvalue weighted by atomic mass is 19.3. The predicted molar refractivity (Wildman–Crippen MR) is 107 cm³/mol. The molecule has 1 aliphatic heterocycles. The molecular formula is C21H30F2N2O4. The van der Waals surface area contributed by atoms with E-state index >= 15 is 0 Å². The topological polar surface area (TPSA) is 60.0 Å². The summed E-state index contributed by atoms with van der Waals surface area (Å²) < 4.78 is 40.2. The van der Waals surface area contributed by atoms with Crippen LogP contribution in [0.3, 0.4) is 0 Å². The molecule has 1 saturated heterocycles. The van der Waals surface area contributed by atoms with Gasteiger partial charge in [-0.15, -0.1) is 0 Å². The summed E-state index contributed by atoms with van der Waals surface area (Å²) in [6, 6.07) is 4.80. The number of alkyl halides is 2. The Morgan fingerprint density at radius 1 is 1.28 bits per heavy atom. The number of hydrogen-bond acceptors (Lipinski definition) is 5. The first kappa shape index (κ1) is 23.1. The molecule has 0 radical (unpaired) electrons. The normalized spacial score (nSPS) is 16.4.